The second-order valence-electron chi connectivity index (χ2n) is 4.21. The molecule has 0 amide bonds. The van der Waals surface area contributed by atoms with Crippen molar-refractivity contribution in [2.45, 2.75) is 51.7 Å². The van der Waals surface area contributed by atoms with Gasteiger partial charge in [0.15, 0.2) is 0 Å². The van der Waals surface area contributed by atoms with Crippen molar-refractivity contribution in [3.63, 3.8) is 0 Å². The molecular formula is C14H26O6. The Labute approximate surface area is 120 Å². The van der Waals surface area contributed by atoms with Crippen molar-refractivity contribution < 1.29 is 28.5 Å². The molecule has 0 saturated carbocycles. The average Bonchev–Trinajstić information content (AvgIpc) is 2.45. The van der Waals surface area contributed by atoms with E-state index in [9.17, 15) is 9.59 Å². The van der Waals surface area contributed by atoms with Crippen LogP contribution >= 0.6 is 0 Å². The predicted octanol–water partition coefficient (Wildman–Crippen LogP) is 1.70. The van der Waals surface area contributed by atoms with E-state index in [4.69, 9.17) is 18.9 Å². The lowest BCUT2D eigenvalue weighted by molar-refractivity contribution is -0.227. The smallest absolute Gasteiger partial charge is 0.342 e. The van der Waals surface area contributed by atoms with Crippen LogP contribution < -0.4 is 0 Å². The lowest BCUT2D eigenvalue weighted by Gasteiger charge is -2.43. The van der Waals surface area contributed by atoms with Gasteiger partial charge in [0, 0.05) is 14.2 Å². The van der Waals surface area contributed by atoms with E-state index in [0.717, 1.165) is 0 Å². The Hall–Kier alpha value is -1.14. The Morgan fingerprint density at radius 1 is 0.750 bits per heavy atom. The lowest BCUT2D eigenvalue weighted by Crippen LogP contribution is -2.66. The Kier molecular flexibility index (Phi) is 7.75. The summed E-state index contributed by atoms with van der Waals surface area (Å²) in [6.45, 7) is 7.25. The van der Waals surface area contributed by atoms with Gasteiger partial charge in [0.05, 0.1) is 13.2 Å². The fraction of sp³-hybridized carbons (Fsp3) is 0.857. The van der Waals surface area contributed by atoms with Crippen LogP contribution in [0.1, 0.15) is 40.5 Å². The zero-order chi connectivity index (χ0) is 15.8. The molecule has 0 spiro atoms. The standard InChI is InChI=1S/C14H26O6/c1-7-13(17-5,11(15)19-9-3)14(8-2,18-6)12(16)20-10-4/h7-10H2,1-6H3. The normalized spacial score (nSPS) is 16.9. The fourth-order valence-electron chi connectivity index (χ4n) is 2.47. The first-order valence-corrected chi connectivity index (χ1v) is 6.90. The maximum Gasteiger partial charge on any atom is 0.342 e. The summed E-state index contributed by atoms with van der Waals surface area (Å²) in [4.78, 5) is 24.7. The summed E-state index contributed by atoms with van der Waals surface area (Å²) in [6, 6.07) is 0. The van der Waals surface area contributed by atoms with E-state index in [-0.39, 0.29) is 26.1 Å². The third kappa shape index (κ3) is 2.96. The molecule has 0 aliphatic carbocycles. The first kappa shape index (κ1) is 18.9. The first-order chi connectivity index (χ1) is 9.46. The van der Waals surface area contributed by atoms with Crippen LogP contribution in [0.4, 0.5) is 0 Å². The molecule has 2 atom stereocenters. The van der Waals surface area contributed by atoms with Crippen LogP contribution in [0.15, 0.2) is 0 Å². The van der Waals surface area contributed by atoms with Gasteiger partial charge in [-0.05, 0) is 26.7 Å². The highest BCUT2D eigenvalue weighted by atomic mass is 16.6. The van der Waals surface area contributed by atoms with Crippen LogP contribution in [0.2, 0.25) is 0 Å². The van der Waals surface area contributed by atoms with Gasteiger partial charge in [0.2, 0.25) is 11.2 Å². The molecule has 0 aromatic rings. The minimum absolute atomic E-state index is 0.191. The lowest BCUT2D eigenvalue weighted by atomic mass is 9.78. The van der Waals surface area contributed by atoms with Gasteiger partial charge in [-0.2, -0.15) is 0 Å². The van der Waals surface area contributed by atoms with E-state index in [2.05, 4.69) is 0 Å². The van der Waals surface area contributed by atoms with Gasteiger partial charge < -0.3 is 18.9 Å². The van der Waals surface area contributed by atoms with Crippen LogP contribution in [0, 0.1) is 0 Å². The third-order valence-electron chi connectivity index (χ3n) is 3.56. The fourth-order valence-corrected chi connectivity index (χ4v) is 2.47. The van der Waals surface area contributed by atoms with Gasteiger partial charge in [0.1, 0.15) is 0 Å². The molecule has 6 heteroatoms. The SMILES string of the molecule is CCOC(=O)C(CC)(OC)C(CC)(OC)C(=O)OCC. The van der Waals surface area contributed by atoms with E-state index in [0.29, 0.717) is 0 Å². The minimum atomic E-state index is -1.53. The summed E-state index contributed by atoms with van der Waals surface area (Å²) >= 11 is 0. The van der Waals surface area contributed by atoms with Gasteiger partial charge in [0.25, 0.3) is 0 Å². The summed E-state index contributed by atoms with van der Waals surface area (Å²) in [6.07, 6.45) is 0.450. The van der Waals surface area contributed by atoms with Crippen molar-refractivity contribution >= 4 is 11.9 Å². The molecule has 0 radical (unpaired) electrons. The minimum Gasteiger partial charge on any atom is -0.464 e. The van der Waals surface area contributed by atoms with E-state index in [1.807, 2.05) is 0 Å². The number of methoxy groups -OCH3 is 2. The van der Waals surface area contributed by atoms with E-state index < -0.39 is 23.1 Å². The maximum absolute atomic E-state index is 12.4. The van der Waals surface area contributed by atoms with E-state index >= 15 is 0 Å². The van der Waals surface area contributed by atoms with Crippen LogP contribution in [0.5, 0.6) is 0 Å². The zero-order valence-electron chi connectivity index (χ0n) is 13.3. The quantitative estimate of drug-likeness (QED) is 0.602. The highest BCUT2D eigenvalue weighted by Gasteiger charge is 2.62. The Bertz CT molecular complexity index is 286. The number of hydrogen-bond donors (Lipinski definition) is 0. The number of carbonyl (C=O) groups excluding carboxylic acids is 2. The molecule has 0 aromatic heterocycles. The monoisotopic (exact) mass is 290 g/mol. The largest absolute Gasteiger partial charge is 0.464 e. The zero-order valence-corrected chi connectivity index (χ0v) is 13.3. The second kappa shape index (κ2) is 8.21. The first-order valence-electron chi connectivity index (χ1n) is 6.90. The van der Waals surface area contributed by atoms with Crippen LogP contribution in [-0.2, 0) is 28.5 Å². The molecule has 118 valence electrons. The van der Waals surface area contributed by atoms with Gasteiger partial charge in [-0.25, -0.2) is 9.59 Å². The molecule has 0 rings (SSSR count). The predicted molar refractivity (Wildman–Crippen MR) is 73.3 cm³/mol. The summed E-state index contributed by atoms with van der Waals surface area (Å²) < 4.78 is 21.0. The molecular weight excluding hydrogens is 264 g/mol. The number of esters is 2. The molecule has 0 aliphatic rings. The molecule has 0 bridgehead atoms. The van der Waals surface area contributed by atoms with E-state index in [1.165, 1.54) is 14.2 Å². The molecule has 2 unspecified atom stereocenters. The Morgan fingerprint density at radius 3 is 1.20 bits per heavy atom. The van der Waals surface area contributed by atoms with Crippen LogP contribution in [0.3, 0.4) is 0 Å². The van der Waals surface area contributed by atoms with Crippen molar-refractivity contribution in [3.05, 3.63) is 0 Å². The summed E-state index contributed by atoms with van der Waals surface area (Å²) in [5, 5.41) is 0. The molecule has 0 saturated heterocycles. The number of ether oxygens (including phenoxy) is 4. The average molecular weight is 290 g/mol. The molecule has 0 aliphatic heterocycles. The van der Waals surface area contributed by atoms with Crippen molar-refractivity contribution in [1.82, 2.24) is 0 Å². The summed E-state index contributed by atoms with van der Waals surface area (Å²) in [7, 11) is 2.73. The van der Waals surface area contributed by atoms with Gasteiger partial charge >= 0.3 is 11.9 Å². The van der Waals surface area contributed by atoms with Crippen molar-refractivity contribution in [2.24, 2.45) is 0 Å². The van der Waals surface area contributed by atoms with Crippen LogP contribution in [0.25, 0.3) is 0 Å². The third-order valence-corrected chi connectivity index (χ3v) is 3.56. The maximum atomic E-state index is 12.4. The molecule has 6 nitrogen and oxygen atoms in total. The Morgan fingerprint density at radius 2 is 1.05 bits per heavy atom. The van der Waals surface area contributed by atoms with Gasteiger partial charge in [-0.15, -0.1) is 0 Å². The molecule has 0 heterocycles. The number of carbonyl (C=O) groups is 2. The molecule has 20 heavy (non-hydrogen) atoms. The highest BCUT2D eigenvalue weighted by Crippen LogP contribution is 2.37. The summed E-state index contributed by atoms with van der Waals surface area (Å²) in [5.74, 6) is -1.25. The summed E-state index contributed by atoms with van der Waals surface area (Å²) in [5.41, 5.74) is -3.06. The number of hydrogen-bond acceptors (Lipinski definition) is 6. The molecule has 0 fully saturated rings. The van der Waals surface area contributed by atoms with Crippen LogP contribution in [-0.4, -0.2) is 50.6 Å². The van der Waals surface area contributed by atoms with Crippen molar-refractivity contribution in [2.75, 3.05) is 27.4 Å². The van der Waals surface area contributed by atoms with Crippen molar-refractivity contribution in [3.8, 4) is 0 Å². The van der Waals surface area contributed by atoms with Gasteiger partial charge in [-0.1, -0.05) is 13.8 Å². The highest BCUT2D eigenvalue weighted by molar-refractivity contribution is 5.93. The topological polar surface area (TPSA) is 71.1 Å². The van der Waals surface area contributed by atoms with Gasteiger partial charge in [-0.3, -0.25) is 0 Å². The van der Waals surface area contributed by atoms with E-state index in [1.54, 1.807) is 27.7 Å². The number of rotatable bonds is 9. The second-order valence-corrected chi connectivity index (χ2v) is 4.21. The van der Waals surface area contributed by atoms with Crippen molar-refractivity contribution in [1.29, 1.82) is 0 Å². The molecule has 0 N–H and O–H groups in total. The Balaban J connectivity index is 5.89. The molecule has 0 aromatic carbocycles.